The molecule has 0 saturated carbocycles. The molecule has 0 aliphatic heterocycles. The van der Waals surface area contributed by atoms with Crippen molar-refractivity contribution in [2.75, 3.05) is 13.2 Å². The SMILES string of the molecule is CCCCCCCCCCCCCCCCOCC(=O)c1ccccc1. The Labute approximate surface area is 161 Å². The number of carbonyl (C=O) groups is 1. The van der Waals surface area contributed by atoms with Crippen LogP contribution in [0.2, 0.25) is 0 Å². The van der Waals surface area contributed by atoms with Crippen LogP contribution in [0, 0.1) is 0 Å². The van der Waals surface area contributed by atoms with Crippen LogP contribution in [-0.4, -0.2) is 19.0 Å². The number of unbranched alkanes of at least 4 members (excludes halogenated alkanes) is 13. The van der Waals surface area contributed by atoms with Crippen molar-refractivity contribution in [3.05, 3.63) is 35.9 Å². The second kappa shape index (κ2) is 17.3. The van der Waals surface area contributed by atoms with E-state index in [1.54, 1.807) is 0 Å². The average Bonchev–Trinajstić information content (AvgIpc) is 2.68. The van der Waals surface area contributed by atoms with Crippen LogP contribution in [0.1, 0.15) is 107 Å². The molecule has 1 aromatic rings. The summed E-state index contributed by atoms with van der Waals surface area (Å²) in [6, 6.07) is 9.39. The van der Waals surface area contributed by atoms with E-state index in [9.17, 15) is 4.79 Å². The first-order valence-electron chi connectivity index (χ1n) is 11.0. The van der Waals surface area contributed by atoms with Crippen molar-refractivity contribution < 1.29 is 9.53 Å². The van der Waals surface area contributed by atoms with Gasteiger partial charge < -0.3 is 4.74 Å². The lowest BCUT2D eigenvalue weighted by molar-refractivity contribution is 0.0752. The summed E-state index contributed by atoms with van der Waals surface area (Å²) in [5.41, 5.74) is 0.744. The molecule has 0 fully saturated rings. The zero-order valence-corrected chi connectivity index (χ0v) is 17.0. The van der Waals surface area contributed by atoms with E-state index in [1.807, 2.05) is 30.3 Å². The fourth-order valence-electron chi connectivity index (χ4n) is 3.27. The Morgan fingerprint density at radius 2 is 1.15 bits per heavy atom. The Morgan fingerprint density at radius 1 is 0.692 bits per heavy atom. The fourth-order valence-corrected chi connectivity index (χ4v) is 3.27. The van der Waals surface area contributed by atoms with Gasteiger partial charge in [-0.2, -0.15) is 0 Å². The van der Waals surface area contributed by atoms with Crippen molar-refractivity contribution in [1.82, 2.24) is 0 Å². The van der Waals surface area contributed by atoms with Gasteiger partial charge >= 0.3 is 0 Å². The molecule has 2 nitrogen and oxygen atoms in total. The minimum absolute atomic E-state index is 0.0796. The van der Waals surface area contributed by atoms with Gasteiger partial charge in [0.05, 0.1) is 0 Å². The van der Waals surface area contributed by atoms with Gasteiger partial charge in [-0.25, -0.2) is 0 Å². The standard InChI is InChI=1S/C24H40O2/c1-2-3-4-5-6-7-8-9-10-11-12-13-14-18-21-26-22-24(25)23-19-16-15-17-20-23/h15-17,19-20H,2-14,18,21-22H2,1H3. The molecule has 0 spiro atoms. The van der Waals surface area contributed by atoms with Gasteiger partial charge in [0.15, 0.2) is 5.78 Å². The number of carbonyl (C=O) groups excluding carboxylic acids is 1. The predicted molar refractivity (Wildman–Crippen MR) is 112 cm³/mol. The van der Waals surface area contributed by atoms with E-state index in [0.29, 0.717) is 6.61 Å². The number of ketones is 1. The minimum Gasteiger partial charge on any atom is -0.373 e. The molecule has 0 N–H and O–H groups in total. The summed E-state index contributed by atoms with van der Waals surface area (Å²) in [6.45, 7) is 3.19. The van der Waals surface area contributed by atoms with Crippen LogP contribution in [0.3, 0.4) is 0 Å². The van der Waals surface area contributed by atoms with Crippen LogP contribution in [0.15, 0.2) is 30.3 Å². The number of Topliss-reactive ketones (excluding diaryl/α,β-unsaturated/α-hetero) is 1. The largest absolute Gasteiger partial charge is 0.373 e. The van der Waals surface area contributed by atoms with E-state index in [-0.39, 0.29) is 12.4 Å². The Hall–Kier alpha value is -1.15. The van der Waals surface area contributed by atoms with Crippen LogP contribution in [0.25, 0.3) is 0 Å². The summed E-state index contributed by atoms with van der Waals surface area (Å²) in [5, 5.41) is 0. The second-order valence-electron chi connectivity index (χ2n) is 7.44. The molecule has 2 heteroatoms. The van der Waals surface area contributed by atoms with E-state index in [4.69, 9.17) is 4.74 Å². The zero-order valence-electron chi connectivity index (χ0n) is 17.0. The number of hydrogen-bond acceptors (Lipinski definition) is 2. The van der Waals surface area contributed by atoms with Crippen molar-refractivity contribution in [1.29, 1.82) is 0 Å². The monoisotopic (exact) mass is 360 g/mol. The lowest BCUT2D eigenvalue weighted by atomic mass is 10.0. The molecule has 0 aliphatic carbocycles. The number of hydrogen-bond donors (Lipinski definition) is 0. The Bertz CT molecular complexity index is 427. The number of benzene rings is 1. The molecule has 0 bridgehead atoms. The maximum atomic E-state index is 11.9. The fraction of sp³-hybridized carbons (Fsp3) is 0.708. The molecular formula is C24H40O2. The van der Waals surface area contributed by atoms with E-state index in [2.05, 4.69) is 6.92 Å². The molecule has 0 unspecified atom stereocenters. The maximum Gasteiger partial charge on any atom is 0.188 e. The average molecular weight is 361 g/mol. The van der Waals surface area contributed by atoms with E-state index >= 15 is 0 Å². The van der Waals surface area contributed by atoms with Gasteiger partial charge in [0.2, 0.25) is 0 Å². The highest BCUT2D eigenvalue weighted by molar-refractivity contribution is 5.96. The molecule has 0 aliphatic rings. The second-order valence-corrected chi connectivity index (χ2v) is 7.44. The highest BCUT2D eigenvalue weighted by Gasteiger charge is 2.04. The third-order valence-electron chi connectivity index (χ3n) is 4.97. The topological polar surface area (TPSA) is 26.3 Å². The van der Waals surface area contributed by atoms with Crippen molar-refractivity contribution >= 4 is 5.78 Å². The Kier molecular flexibility index (Phi) is 15.2. The first-order chi connectivity index (χ1) is 12.8. The van der Waals surface area contributed by atoms with Crippen LogP contribution >= 0.6 is 0 Å². The van der Waals surface area contributed by atoms with Gasteiger partial charge in [0, 0.05) is 12.2 Å². The highest BCUT2D eigenvalue weighted by Crippen LogP contribution is 2.13. The van der Waals surface area contributed by atoms with Crippen LogP contribution in [-0.2, 0) is 4.74 Å². The van der Waals surface area contributed by atoms with Crippen LogP contribution < -0.4 is 0 Å². The van der Waals surface area contributed by atoms with Gasteiger partial charge in [0.25, 0.3) is 0 Å². The molecule has 0 saturated heterocycles. The molecular weight excluding hydrogens is 320 g/mol. The predicted octanol–water partition coefficient (Wildman–Crippen LogP) is 7.37. The van der Waals surface area contributed by atoms with Gasteiger partial charge in [-0.15, -0.1) is 0 Å². The molecule has 1 aromatic carbocycles. The lowest BCUT2D eigenvalue weighted by Gasteiger charge is -2.05. The molecule has 0 radical (unpaired) electrons. The highest BCUT2D eigenvalue weighted by atomic mass is 16.5. The molecule has 26 heavy (non-hydrogen) atoms. The quantitative estimate of drug-likeness (QED) is 0.202. The molecule has 0 aromatic heterocycles. The molecule has 0 amide bonds. The van der Waals surface area contributed by atoms with Crippen LogP contribution in [0.5, 0.6) is 0 Å². The summed E-state index contributed by atoms with van der Waals surface area (Å²) < 4.78 is 5.51. The molecule has 148 valence electrons. The Balaban J connectivity index is 1.76. The minimum atomic E-state index is 0.0796. The third-order valence-corrected chi connectivity index (χ3v) is 4.97. The van der Waals surface area contributed by atoms with Crippen molar-refractivity contribution in [2.45, 2.75) is 96.8 Å². The first kappa shape index (κ1) is 22.9. The van der Waals surface area contributed by atoms with Crippen molar-refractivity contribution in [3.63, 3.8) is 0 Å². The molecule has 0 heterocycles. The first-order valence-corrected chi connectivity index (χ1v) is 11.0. The summed E-state index contributed by atoms with van der Waals surface area (Å²) in [4.78, 5) is 11.9. The lowest BCUT2D eigenvalue weighted by Crippen LogP contribution is -2.09. The van der Waals surface area contributed by atoms with Gasteiger partial charge in [0.1, 0.15) is 6.61 Å². The van der Waals surface area contributed by atoms with Gasteiger partial charge in [-0.1, -0.05) is 121 Å². The maximum absolute atomic E-state index is 11.9. The molecule has 0 atom stereocenters. The van der Waals surface area contributed by atoms with Gasteiger partial charge in [-0.05, 0) is 6.42 Å². The summed E-state index contributed by atoms with van der Waals surface area (Å²) in [5.74, 6) is 0.0796. The van der Waals surface area contributed by atoms with E-state index in [0.717, 1.165) is 12.0 Å². The smallest absolute Gasteiger partial charge is 0.188 e. The van der Waals surface area contributed by atoms with Crippen molar-refractivity contribution in [3.8, 4) is 0 Å². The summed E-state index contributed by atoms with van der Waals surface area (Å²) >= 11 is 0. The van der Waals surface area contributed by atoms with E-state index in [1.165, 1.54) is 83.5 Å². The van der Waals surface area contributed by atoms with Crippen molar-refractivity contribution in [2.24, 2.45) is 0 Å². The number of ether oxygens (including phenoxy) is 1. The van der Waals surface area contributed by atoms with E-state index < -0.39 is 0 Å². The summed E-state index contributed by atoms with van der Waals surface area (Å²) in [6.07, 6.45) is 19.0. The van der Waals surface area contributed by atoms with Gasteiger partial charge in [-0.3, -0.25) is 4.79 Å². The number of rotatable bonds is 18. The van der Waals surface area contributed by atoms with Crippen LogP contribution in [0.4, 0.5) is 0 Å². The molecule has 1 rings (SSSR count). The normalized spacial score (nSPS) is 11.0. The zero-order chi connectivity index (χ0) is 18.7. The summed E-state index contributed by atoms with van der Waals surface area (Å²) in [7, 11) is 0. The Morgan fingerprint density at radius 3 is 1.65 bits per heavy atom. The third kappa shape index (κ3) is 13.1.